The molecule has 3 heterocycles. The molecule has 8 heteroatoms. The van der Waals surface area contributed by atoms with Crippen molar-refractivity contribution in [1.29, 1.82) is 0 Å². The molecular weight excluding hydrogens is 388 g/mol. The van der Waals surface area contributed by atoms with E-state index in [1.807, 2.05) is 30.3 Å². The van der Waals surface area contributed by atoms with Crippen molar-refractivity contribution in [3.05, 3.63) is 63.8 Å². The lowest BCUT2D eigenvalue weighted by Crippen LogP contribution is -2.48. The van der Waals surface area contributed by atoms with Crippen LogP contribution < -0.4 is 5.32 Å². The van der Waals surface area contributed by atoms with Crippen molar-refractivity contribution in [1.82, 2.24) is 10.2 Å². The number of aliphatic hydroxyl groups is 2. The molecule has 156 valence electrons. The zero-order valence-corrected chi connectivity index (χ0v) is 16.5. The number of fused-ring (bicyclic) bond motifs is 3. The molecule has 0 bridgehead atoms. The Labute approximate surface area is 173 Å². The number of Topliss-reactive ketones (excluding diaryl/α,β-unsaturated/α-hetero) is 1. The van der Waals surface area contributed by atoms with Crippen LogP contribution in [0, 0.1) is 0 Å². The van der Waals surface area contributed by atoms with Gasteiger partial charge in [0.15, 0.2) is 11.8 Å². The highest BCUT2D eigenvalue weighted by Crippen LogP contribution is 2.47. The number of nitrogens with one attached hydrogen (secondary N) is 1. The molecule has 1 aromatic rings. The quantitative estimate of drug-likeness (QED) is 0.633. The molecule has 0 saturated heterocycles. The summed E-state index contributed by atoms with van der Waals surface area (Å²) in [6.45, 7) is 1.50. The minimum absolute atomic E-state index is 0.112. The van der Waals surface area contributed by atoms with Gasteiger partial charge in [0.25, 0.3) is 0 Å². The maximum absolute atomic E-state index is 13.5. The first-order chi connectivity index (χ1) is 14.5. The number of allylic oxidation sites excluding steroid dienone is 2. The molecule has 4 aliphatic rings. The standard InChI is InChI=1S/C22H22N2O6/c1-2-22(28)15-10-16-18(19(26)14(15)11-30-21(22)27)24-17(23-16)9-12-5-3-4-6-13(12)20(24)29-8-7-25/h3-6,9,20,23,25,28H,2,7-8,10-11H2,1H3. The highest BCUT2D eigenvalue weighted by atomic mass is 16.6. The van der Waals surface area contributed by atoms with Crippen LogP contribution in [-0.4, -0.2) is 52.3 Å². The third-order valence-electron chi connectivity index (χ3n) is 6.12. The minimum Gasteiger partial charge on any atom is -0.458 e. The molecule has 8 nitrogen and oxygen atoms in total. The van der Waals surface area contributed by atoms with Gasteiger partial charge in [-0.15, -0.1) is 0 Å². The number of cyclic esters (lactones) is 1. The maximum atomic E-state index is 13.5. The zero-order valence-electron chi connectivity index (χ0n) is 16.5. The molecule has 3 aliphatic heterocycles. The lowest BCUT2D eigenvalue weighted by molar-refractivity contribution is -0.163. The van der Waals surface area contributed by atoms with E-state index >= 15 is 0 Å². The summed E-state index contributed by atoms with van der Waals surface area (Å²) in [7, 11) is 0. The fraction of sp³-hybridized carbons (Fsp3) is 0.364. The van der Waals surface area contributed by atoms with E-state index in [0.717, 1.165) is 11.1 Å². The van der Waals surface area contributed by atoms with Crippen LogP contribution in [0.25, 0.3) is 6.08 Å². The molecule has 2 atom stereocenters. The summed E-state index contributed by atoms with van der Waals surface area (Å²) in [5.41, 5.74) is 1.82. The molecule has 1 aromatic carbocycles. The van der Waals surface area contributed by atoms with Crippen LogP contribution in [0.3, 0.4) is 0 Å². The average Bonchev–Trinajstić information content (AvgIpc) is 3.12. The van der Waals surface area contributed by atoms with Crippen molar-refractivity contribution in [2.75, 3.05) is 19.8 Å². The van der Waals surface area contributed by atoms with Crippen molar-refractivity contribution >= 4 is 17.8 Å². The molecule has 3 N–H and O–H groups in total. The van der Waals surface area contributed by atoms with Crippen LogP contribution in [0.5, 0.6) is 0 Å². The third-order valence-corrected chi connectivity index (χ3v) is 6.12. The Kier molecular flexibility index (Phi) is 4.32. The highest BCUT2D eigenvalue weighted by molar-refractivity contribution is 6.12. The maximum Gasteiger partial charge on any atom is 0.342 e. The van der Waals surface area contributed by atoms with Gasteiger partial charge in [-0.05, 0) is 23.6 Å². The number of benzene rings is 1. The summed E-state index contributed by atoms with van der Waals surface area (Å²) >= 11 is 0. The molecule has 1 aliphatic carbocycles. The monoisotopic (exact) mass is 410 g/mol. The van der Waals surface area contributed by atoms with Gasteiger partial charge in [-0.25, -0.2) is 4.79 Å². The van der Waals surface area contributed by atoms with Crippen LogP contribution in [0.2, 0.25) is 0 Å². The summed E-state index contributed by atoms with van der Waals surface area (Å²) < 4.78 is 11.1. The van der Waals surface area contributed by atoms with Crippen molar-refractivity contribution < 1.29 is 29.3 Å². The molecular formula is C22H22N2O6. The van der Waals surface area contributed by atoms with Crippen LogP contribution in [0.15, 0.2) is 52.6 Å². The van der Waals surface area contributed by atoms with Crippen LogP contribution in [0.4, 0.5) is 0 Å². The molecule has 0 radical (unpaired) electrons. The lowest BCUT2D eigenvalue weighted by Gasteiger charge is -2.38. The number of aliphatic hydroxyl groups excluding tert-OH is 1. The number of hydrogen-bond acceptors (Lipinski definition) is 8. The van der Waals surface area contributed by atoms with E-state index in [4.69, 9.17) is 9.47 Å². The smallest absolute Gasteiger partial charge is 0.342 e. The van der Waals surface area contributed by atoms with Crippen molar-refractivity contribution in [3.8, 4) is 0 Å². The summed E-state index contributed by atoms with van der Waals surface area (Å²) in [6.07, 6.45) is 1.72. The largest absolute Gasteiger partial charge is 0.458 e. The van der Waals surface area contributed by atoms with Gasteiger partial charge in [0.1, 0.15) is 18.1 Å². The second-order valence-electron chi connectivity index (χ2n) is 7.68. The number of rotatable bonds is 4. The normalized spacial score (nSPS) is 27.1. The van der Waals surface area contributed by atoms with E-state index in [1.165, 1.54) is 0 Å². The summed E-state index contributed by atoms with van der Waals surface area (Å²) in [5.74, 6) is -0.326. The first-order valence-electron chi connectivity index (χ1n) is 9.99. The SMILES string of the molecule is CCC1(O)C(=O)OCC2=C1CC1=C(C2=O)N2C(=Cc3ccccc3C2OCCO)N1. The number of ketones is 1. The summed E-state index contributed by atoms with van der Waals surface area (Å²) in [5, 5.41) is 23.5. The number of hydrogen-bond donors (Lipinski definition) is 3. The Bertz CT molecular complexity index is 1060. The average molecular weight is 410 g/mol. The van der Waals surface area contributed by atoms with Gasteiger partial charge in [-0.2, -0.15) is 0 Å². The second-order valence-corrected chi connectivity index (χ2v) is 7.68. The first kappa shape index (κ1) is 19.0. The highest BCUT2D eigenvalue weighted by Gasteiger charge is 2.52. The summed E-state index contributed by atoms with van der Waals surface area (Å²) in [4.78, 5) is 27.5. The van der Waals surface area contributed by atoms with E-state index < -0.39 is 17.8 Å². The fourth-order valence-corrected chi connectivity index (χ4v) is 4.60. The topological polar surface area (TPSA) is 108 Å². The van der Waals surface area contributed by atoms with Crippen molar-refractivity contribution in [3.63, 3.8) is 0 Å². The molecule has 0 spiro atoms. The number of esters is 1. The number of carbonyl (C=O) groups is 2. The van der Waals surface area contributed by atoms with Crippen molar-refractivity contribution in [2.45, 2.75) is 31.6 Å². The Morgan fingerprint density at radius 3 is 2.90 bits per heavy atom. The number of nitrogens with zero attached hydrogens (tertiary/aromatic N) is 1. The van der Waals surface area contributed by atoms with E-state index in [1.54, 1.807) is 11.8 Å². The molecule has 2 unspecified atom stereocenters. The molecule has 0 fully saturated rings. The molecule has 0 amide bonds. The molecule has 0 aromatic heterocycles. The predicted octanol–water partition coefficient (Wildman–Crippen LogP) is 1.09. The lowest BCUT2D eigenvalue weighted by atomic mass is 9.78. The van der Waals surface area contributed by atoms with Gasteiger partial charge in [-0.1, -0.05) is 31.2 Å². The van der Waals surface area contributed by atoms with Gasteiger partial charge in [0.2, 0.25) is 5.78 Å². The Morgan fingerprint density at radius 1 is 1.33 bits per heavy atom. The van der Waals surface area contributed by atoms with Crippen LogP contribution >= 0.6 is 0 Å². The predicted molar refractivity (Wildman–Crippen MR) is 105 cm³/mol. The molecule has 5 rings (SSSR count). The Hall–Kier alpha value is -2.94. The second kappa shape index (κ2) is 6.80. The van der Waals surface area contributed by atoms with Gasteiger partial charge < -0.3 is 25.0 Å². The zero-order chi connectivity index (χ0) is 21.0. The Balaban J connectivity index is 1.59. The minimum atomic E-state index is -1.79. The molecule has 30 heavy (non-hydrogen) atoms. The van der Waals surface area contributed by atoms with E-state index in [0.29, 0.717) is 28.4 Å². The summed E-state index contributed by atoms with van der Waals surface area (Å²) in [6, 6.07) is 7.71. The van der Waals surface area contributed by atoms with E-state index in [2.05, 4.69) is 5.32 Å². The first-order valence-corrected chi connectivity index (χ1v) is 9.99. The van der Waals surface area contributed by atoms with Gasteiger partial charge in [0, 0.05) is 23.3 Å². The van der Waals surface area contributed by atoms with Crippen LogP contribution in [-0.2, 0) is 19.1 Å². The number of ether oxygens (including phenoxy) is 2. The Morgan fingerprint density at radius 2 is 2.13 bits per heavy atom. The van der Waals surface area contributed by atoms with E-state index in [-0.39, 0.29) is 38.4 Å². The third kappa shape index (κ3) is 2.51. The number of carbonyl (C=O) groups excluding carboxylic acids is 2. The van der Waals surface area contributed by atoms with Crippen molar-refractivity contribution in [2.24, 2.45) is 0 Å². The fourth-order valence-electron chi connectivity index (χ4n) is 4.60. The van der Waals surface area contributed by atoms with Gasteiger partial charge >= 0.3 is 5.97 Å². The van der Waals surface area contributed by atoms with E-state index in [9.17, 15) is 19.8 Å². The van der Waals surface area contributed by atoms with Gasteiger partial charge in [-0.3, -0.25) is 9.69 Å². The van der Waals surface area contributed by atoms with Gasteiger partial charge in [0.05, 0.1) is 13.2 Å². The van der Waals surface area contributed by atoms with Crippen LogP contribution in [0.1, 0.15) is 37.1 Å². The molecule has 0 saturated carbocycles.